The van der Waals surface area contributed by atoms with Crippen LogP contribution in [0.3, 0.4) is 0 Å². The van der Waals surface area contributed by atoms with E-state index in [2.05, 4.69) is 16.7 Å². The van der Waals surface area contributed by atoms with Crippen LogP contribution in [0.1, 0.15) is 51.7 Å². The van der Waals surface area contributed by atoms with Crippen LogP contribution in [-0.2, 0) is 9.53 Å². The van der Waals surface area contributed by atoms with Crippen LogP contribution in [0.15, 0.2) is 40.2 Å². The lowest BCUT2D eigenvalue weighted by atomic mass is 9.93. The second kappa shape index (κ2) is 8.94. The van der Waals surface area contributed by atoms with E-state index in [0.29, 0.717) is 28.3 Å². The van der Waals surface area contributed by atoms with Gasteiger partial charge in [-0.05, 0) is 56.7 Å². The van der Waals surface area contributed by atoms with Crippen LogP contribution in [0.4, 0.5) is 10.1 Å². The zero-order valence-corrected chi connectivity index (χ0v) is 14.8. The van der Waals surface area contributed by atoms with Gasteiger partial charge < -0.3 is 4.74 Å². The van der Waals surface area contributed by atoms with Gasteiger partial charge in [0.1, 0.15) is 5.82 Å². The van der Waals surface area contributed by atoms with Gasteiger partial charge in [0, 0.05) is 11.6 Å². The monoisotopic (exact) mass is 330 g/mol. The molecule has 24 heavy (non-hydrogen) atoms. The summed E-state index contributed by atoms with van der Waals surface area (Å²) in [5.74, 6) is -0.0868. The van der Waals surface area contributed by atoms with Crippen molar-refractivity contribution < 1.29 is 13.9 Å². The Bertz CT molecular complexity index is 712. The summed E-state index contributed by atoms with van der Waals surface area (Å²) in [7, 11) is 0. The van der Waals surface area contributed by atoms with Crippen molar-refractivity contribution in [2.75, 3.05) is 0 Å². The predicted molar refractivity (Wildman–Crippen MR) is 95.8 cm³/mol. The number of hydrogen-bond donors (Lipinski definition) is 0. The summed E-state index contributed by atoms with van der Waals surface area (Å²) in [4.78, 5) is 18.5. The molecule has 0 N–H and O–H groups in total. The smallest absolute Gasteiger partial charge is 0.240 e. The van der Waals surface area contributed by atoms with Crippen LogP contribution in [0.2, 0.25) is 0 Å². The fourth-order valence-electron chi connectivity index (χ4n) is 2.26. The van der Waals surface area contributed by atoms with E-state index in [4.69, 9.17) is 4.74 Å². The van der Waals surface area contributed by atoms with Crippen LogP contribution >= 0.6 is 0 Å². The van der Waals surface area contributed by atoms with Gasteiger partial charge >= 0.3 is 0 Å². The first-order valence-corrected chi connectivity index (χ1v) is 7.77. The van der Waals surface area contributed by atoms with E-state index < -0.39 is 5.82 Å². The second-order valence-electron chi connectivity index (χ2n) is 5.80. The maximum Gasteiger partial charge on any atom is 0.240 e. The van der Waals surface area contributed by atoms with Gasteiger partial charge in [0.2, 0.25) is 12.0 Å². The van der Waals surface area contributed by atoms with E-state index in [9.17, 15) is 9.18 Å². The number of rotatable bonds is 7. The molecule has 0 unspecified atom stereocenters. The van der Waals surface area contributed by atoms with E-state index in [1.807, 2.05) is 27.7 Å². The summed E-state index contributed by atoms with van der Waals surface area (Å²) < 4.78 is 19.6. The quantitative estimate of drug-likeness (QED) is 0.295. The first kappa shape index (κ1) is 19.5. The average molecular weight is 330 g/mol. The Morgan fingerprint density at radius 3 is 2.46 bits per heavy atom. The first-order valence-electron chi connectivity index (χ1n) is 7.77. The third-order valence-corrected chi connectivity index (χ3v) is 3.30. The van der Waals surface area contributed by atoms with Crippen molar-refractivity contribution in [2.24, 2.45) is 9.98 Å². The first-order chi connectivity index (χ1) is 11.3. The van der Waals surface area contributed by atoms with E-state index in [1.54, 1.807) is 25.2 Å². The molecule has 5 heteroatoms. The van der Waals surface area contributed by atoms with Crippen LogP contribution in [0.25, 0.3) is 5.57 Å². The summed E-state index contributed by atoms with van der Waals surface area (Å²) in [6.45, 7) is 12.8. The van der Waals surface area contributed by atoms with E-state index >= 15 is 0 Å². The van der Waals surface area contributed by atoms with Crippen molar-refractivity contribution in [2.45, 2.75) is 46.6 Å². The number of nitrogens with zero attached hydrogens (tertiary/aromatic N) is 2. The van der Waals surface area contributed by atoms with E-state index in [-0.39, 0.29) is 12.0 Å². The number of halogens is 1. The van der Waals surface area contributed by atoms with Gasteiger partial charge in [0.05, 0.1) is 11.8 Å². The maximum atomic E-state index is 14.1. The largest absolute Gasteiger partial charge is 0.475 e. The topological polar surface area (TPSA) is 51.0 Å². The Hall–Kier alpha value is -2.52. The van der Waals surface area contributed by atoms with Gasteiger partial charge in [-0.25, -0.2) is 14.2 Å². The number of carbonyl (C=O) groups excluding carboxylic acids is 1. The third-order valence-electron chi connectivity index (χ3n) is 3.30. The molecule has 128 valence electrons. The molecule has 0 spiro atoms. The Morgan fingerprint density at radius 2 is 2.00 bits per heavy atom. The van der Waals surface area contributed by atoms with Crippen molar-refractivity contribution in [3.8, 4) is 0 Å². The van der Waals surface area contributed by atoms with Gasteiger partial charge in [-0.3, -0.25) is 0 Å². The Balaban J connectivity index is 3.59. The number of aliphatic imine (C=N–C) groups is 2. The Kier molecular flexibility index (Phi) is 7.28. The highest BCUT2D eigenvalue weighted by Crippen LogP contribution is 2.36. The summed E-state index contributed by atoms with van der Waals surface area (Å²) in [6.07, 6.45) is 4.90. The molecule has 0 bridgehead atoms. The lowest BCUT2D eigenvalue weighted by molar-refractivity contribution is 0.146. The fourth-order valence-corrected chi connectivity index (χ4v) is 2.26. The molecule has 0 aliphatic heterocycles. The molecule has 0 aliphatic rings. The van der Waals surface area contributed by atoms with Crippen molar-refractivity contribution in [3.63, 3.8) is 0 Å². The van der Waals surface area contributed by atoms with E-state index in [0.717, 1.165) is 0 Å². The van der Waals surface area contributed by atoms with Gasteiger partial charge in [-0.1, -0.05) is 19.9 Å². The molecule has 0 aromatic heterocycles. The lowest BCUT2D eigenvalue weighted by Crippen LogP contribution is -2.01. The number of isocyanates is 1. The fraction of sp³-hybridized carbons (Fsp3) is 0.368. The minimum absolute atomic E-state index is 0.00227. The number of benzene rings is 1. The highest BCUT2D eigenvalue weighted by Gasteiger charge is 2.16. The second-order valence-corrected chi connectivity index (χ2v) is 5.80. The Labute approximate surface area is 142 Å². The molecule has 1 aromatic carbocycles. The average Bonchev–Trinajstić information content (AvgIpc) is 2.52. The normalized spacial score (nSPS) is 12.3. The van der Waals surface area contributed by atoms with Crippen molar-refractivity contribution in [3.05, 3.63) is 47.1 Å². The molecular weight excluding hydrogens is 307 g/mol. The molecule has 0 saturated carbocycles. The molecule has 1 aromatic rings. The van der Waals surface area contributed by atoms with Crippen LogP contribution < -0.4 is 0 Å². The summed E-state index contributed by atoms with van der Waals surface area (Å²) >= 11 is 0. The summed E-state index contributed by atoms with van der Waals surface area (Å²) in [6, 6.07) is 2.72. The van der Waals surface area contributed by atoms with Gasteiger partial charge in [-0.15, -0.1) is 0 Å². The molecule has 1 rings (SSSR count). The van der Waals surface area contributed by atoms with Crippen molar-refractivity contribution in [1.29, 1.82) is 0 Å². The van der Waals surface area contributed by atoms with Crippen molar-refractivity contribution in [1.82, 2.24) is 0 Å². The van der Waals surface area contributed by atoms with E-state index in [1.165, 1.54) is 12.1 Å². The van der Waals surface area contributed by atoms with Gasteiger partial charge in [-0.2, -0.15) is 4.99 Å². The molecule has 0 amide bonds. The van der Waals surface area contributed by atoms with Gasteiger partial charge in [0.15, 0.2) is 0 Å². The number of allylic oxidation sites excluding steroid dienone is 3. The molecule has 0 saturated heterocycles. The van der Waals surface area contributed by atoms with Gasteiger partial charge in [0.25, 0.3) is 0 Å². The van der Waals surface area contributed by atoms with Crippen molar-refractivity contribution >= 4 is 24.1 Å². The Morgan fingerprint density at radius 1 is 1.33 bits per heavy atom. The lowest BCUT2D eigenvalue weighted by Gasteiger charge is -2.15. The zero-order valence-electron chi connectivity index (χ0n) is 14.8. The number of hydrogen-bond acceptors (Lipinski definition) is 4. The van der Waals surface area contributed by atoms with Crippen LogP contribution in [0.5, 0.6) is 0 Å². The molecular formula is C19H23FN2O2. The molecule has 0 radical (unpaired) electrons. The molecule has 0 atom stereocenters. The van der Waals surface area contributed by atoms with Crippen LogP contribution in [0, 0.1) is 5.82 Å². The summed E-state index contributed by atoms with van der Waals surface area (Å²) in [5, 5.41) is 0. The number of ether oxygens (including phenoxy) is 1. The SMILES string of the molecule is C=N/C(=C\C(=C/C)c1cc(F)cc(C(C)C)c1N=C=O)OC(C)C. The minimum atomic E-state index is -0.399. The standard InChI is InChI=1S/C19H23FN2O2/c1-7-14(8-18(21-6)24-13(4)5)17-10-15(20)9-16(12(2)3)19(17)22-11-23/h7-10,12-13H,6H2,1-5H3/b14-7+,18-8+. The maximum absolute atomic E-state index is 14.1. The van der Waals surface area contributed by atoms with Crippen LogP contribution in [-0.4, -0.2) is 18.9 Å². The third kappa shape index (κ3) is 5.00. The molecule has 0 aliphatic carbocycles. The molecule has 4 nitrogen and oxygen atoms in total. The highest BCUT2D eigenvalue weighted by atomic mass is 19.1. The highest BCUT2D eigenvalue weighted by molar-refractivity contribution is 5.83. The predicted octanol–water partition coefficient (Wildman–Crippen LogP) is 5.29. The zero-order chi connectivity index (χ0) is 18.3. The molecule has 0 fully saturated rings. The summed E-state index contributed by atoms with van der Waals surface area (Å²) in [5.41, 5.74) is 2.16. The minimum Gasteiger partial charge on any atom is -0.475 e. The molecule has 0 heterocycles.